The van der Waals surface area contributed by atoms with E-state index >= 15 is 0 Å². The molecule has 0 amide bonds. The number of rotatable bonds is 5. The van der Waals surface area contributed by atoms with Crippen LogP contribution >= 0.6 is 0 Å². The van der Waals surface area contributed by atoms with Crippen LogP contribution in [0.3, 0.4) is 0 Å². The molecule has 1 aliphatic heterocycles. The smallest absolute Gasteiger partial charge is 0.0603 e. The van der Waals surface area contributed by atoms with Gasteiger partial charge in [-0.2, -0.15) is 0 Å². The van der Waals surface area contributed by atoms with Gasteiger partial charge in [0.15, 0.2) is 0 Å². The van der Waals surface area contributed by atoms with E-state index in [4.69, 9.17) is 4.74 Å². The summed E-state index contributed by atoms with van der Waals surface area (Å²) in [6.07, 6.45) is 6.34. The van der Waals surface area contributed by atoms with Crippen molar-refractivity contribution >= 4 is 0 Å². The highest BCUT2D eigenvalue weighted by Gasteiger charge is 2.07. The first-order valence-corrected chi connectivity index (χ1v) is 6.19. The Morgan fingerprint density at radius 1 is 1.07 bits per heavy atom. The highest BCUT2D eigenvalue weighted by molar-refractivity contribution is 5.01. The van der Waals surface area contributed by atoms with Crippen LogP contribution < -0.4 is 0 Å². The third kappa shape index (κ3) is 6.54. The Hall–Kier alpha value is -0.520. The molecule has 0 N–H and O–H groups in total. The Morgan fingerprint density at radius 3 is 2.60 bits per heavy atom. The van der Waals surface area contributed by atoms with E-state index in [9.17, 15) is 0 Å². The van der Waals surface area contributed by atoms with Gasteiger partial charge in [-0.15, -0.1) is 5.92 Å². The Labute approximate surface area is 94.0 Å². The average Bonchev–Trinajstić information content (AvgIpc) is 2.29. The average molecular weight is 209 g/mol. The lowest BCUT2D eigenvalue weighted by atomic mass is 10.2. The van der Waals surface area contributed by atoms with E-state index in [2.05, 4.69) is 23.7 Å². The van der Waals surface area contributed by atoms with E-state index in [1.54, 1.807) is 0 Å². The molecule has 0 aliphatic carbocycles. The van der Waals surface area contributed by atoms with Gasteiger partial charge in [-0.25, -0.2) is 0 Å². The van der Waals surface area contributed by atoms with Crippen molar-refractivity contribution in [3.8, 4) is 11.8 Å². The van der Waals surface area contributed by atoms with Crippen LogP contribution in [-0.4, -0.2) is 37.7 Å². The van der Waals surface area contributed by atoms with Crippen LogP contribution in [-0.2, 0) is 4.74 Å². The molecule has 1 aliphatic rings. The maximum Gasteiger partial charge on any atom is 0.0603 e. The van der Waals surface area contributed by atoms with Crippen molar-refractivity contribution in [3.63, 3.8) is 0 Å². The van der Waals surface area contributed by atoms with E-state index in [0.29, 0.717) is 0 Å². The summed E-state index contributed by atoms with van der Waals surface area (Å²) in [5.74, 6) is 6.51. The van der Waals surface area contributed by atoms with Crippen molar-refractivity contribution in [1.29, 1.82) is 0 Å². The predicted molar refractivity (Wildman–Crippen MR) is 63.8 cm³/mol. The fourth-order valence-corrected chi connectivity index (χ4v) is 1.66. The Bertz CT molecular complexity index is 198. The number of unbranched alkanes of at least 4 members (excludes halogenated alkanes) is 4. The fraction of sp³-hybridized carbons (Fsp3) is 0.846. The van der Waals surface area contributed by atoms with Crippen molar-refractivity contribution in [3.05, 3.63) is 0 Å². The summed E-state index contributed by atoms with van der Waals surface area (Å²) in [6, 6.07) is 0. The lowest BCUT2D eigenvalue weighted by Gasteiger charge is -2.24. The number of hydrogen-bond donors (Lipinski definition) is 0. The molecule has 0 radical (unpaired) electrons. The van der Waals surface area contributed by atoms with Gasteiger partial charge in [0.1, 0.15) is 0 Å². The molecule has 0 aromatic carbocycles. The van der Waals surface area contributed by atoms with E-state index in [1.165, 1.54) is 25.7 Å². The summed E-state index contributed by atoms with van der Waals surface area (Å²) in [7, 11) is 0. The standard InChI is InChI=1S/C13H23NO/c1-2-3-4-5-6-7-8-9-14-10-12-15-13-11-14/h2-6,9-13H2,1H3. The van der Waals surface area contributed by atoms with E-state index in [1.807, 2.05) is 0 Å². The molecule has 1 fully saturated rings. The minimum Gasteiger partial charge on any atom is -0.379 e. The summed E-state index contributed by atoms with van der Waals surface area (Å²) < 4.78 is 5.28. The zero-order valence-corrected chi connectivity index (χ0v) is 9.93. The van der Waals surface area contributed by atoms with E-state index in [0.717, 1.165) is 39.3 Å². The maximum atomic E-state index is 5.28. The van der Waals surface area contributed by atoms with Crippen LogP contribution in [0.15, 0.2) is 0 Å². The van der Waals surface area contributed by atoms with Crippen molar-refractivity contribution in [2.45, 2.75) is 39.0 Å². The molecule has 0 spiro atoms. The molecule has 1 rings (SSSR count). The van der Waals surface area contributed by atoms with Gasteiger partial charge in [0, 0.05) is 19.5 Å². The summed E-state index contributed by atoms with van der Waals surface area (Å²) in [5, 5.41) is 0. The van der Waals surface area contributed by atoms with Crippen LogP contribution in [0.4, 0.5) is 0 Å². The van der Waals surface area contributed by atoms with Gasteiger partial charge in [-0.05, 0) is 6.42 Å². The normalized spacial score (nSPS) is 17.1. The van der Waals surface area contributed by atoms with Gasteiger partial charge in [0.2, 0.25) is 0 Å². The number of nitrogens with zero attached hydrogens (tertiary/aromatic N) is 1. The van der Waals surface area contributed by atoms with Gasteiger partial charge >= 0.3 is 0 Å². The lowest BCUT2D eigenvalue weighted by molar-refractivity contribution is 0.0443. The van der Waals surface area contributed by atoms with Crippen LogP contribution in [0.2, 0.25) is 0 Å². The van der Waals surface area contributed by atoms with Crippen molar-refractivity contribution < 1.29 is 4.74 Å². The van der Waals surface area contributed by atoms with E-state index in [-0.39, 0.29) is 0 Å². The maximum absolute atomic E-state index is 5.28. The molecule has 86 valence electrons. The Morgan fingerprint density at radius 2 is 1.87 bits per heavy atom. The van der Waals surface area contributed by atoms with Gasteiger partial charge in [0.05, 0.1) is 19.8 Å². The molecular formula is C13H23NO. The first kappa shape index (κ1) is 12.5. The molecule has 2 nitrogen and oxygen atoms in total. The zero-order valence-electron chi connectivity index (χ0n) is 9.93. The molecule has 2 heteroatoms. The minimum atomic E-state index is 0.873. The SMILES string of the molecule is CCCCCCC#CCN1CCOCC1. The summed E-state index contributed by atoms with van der Waals surface area (Å²) in [4.78, 5) is 2.36. The first-order chi connectivity index (χ1) is 7.43. The second-order valence-corrected chi connectivity index (χ2v) is 4.05. The monoisotopic (exact) mass is 209 g/mol. The van der Waals surface area contributed by atoms with Crippen molar-refractivity contribution in [1.82, 2.24) is 4.90 Å². The number of ether oxygens (including phenoxy) is 1. The van der Waals surface area contributed by atoms with Crippen LogP contribution in [0.25, 0.3) is 0 Å². The Balaban J connectivity index is 1.95. The molecule has 1 saturated heterocycles. The van der Waals surface area contributed by atoms with Gasteiger partial charge in [-0.3, -0.25) is 4.90 Å². The van der Waals surface area contributed by atoms with Crippen LogP contribution in [0.5, 0.6) is 0 Å². The van der Waals surface area contributed by atoms with E-state index < -0.39 is 0 Å². The van der Waals surface area contributed by atoms with Crippen molar-refractivity contribution in [2.75, 3.05) is 32.8 Å². The molecule has 0 atom stereocenters. The third-order valence-corrected chi connectivity index (χ3v) is 2.69. The van der Waals surface area contributed by atoms with Gasteiger partial charge in [-0.1, -0.05) is 32.1 Å². The summed E-state index contributed by atoms with van der Waals surface area (Å²) in [5.41, 5.74) is 0. The van der Waals surface area contributed by atoms with Crippen LogP contribution in [0.1, 0.15) is 39.0 Å². The lowest BCUT2D eigenvalue weighted by Crippen LogP contribution is -2.36. The third-order valence-electron chi connectivity index (χ3n) is 2.69. The van der Waals surface area contributed by atoms with Crippen molar-refractivity contribution in [2.24, 2.45) is 0 Å². The first-order valence-electron chi connectivity index (χ1n) is 6.19. The highest BCUT2D eigenvalue weighted by Crippen LogP contribution is 2.01. The predicted octanol–water partition coefficient (Wildman–Crippen LogP) is 2.29. The topological polar surface area (TPSA) is 12.5 Å². The molecule has 0 aromatic heterocycles. The largest absolute Gasteiger partial charge is 0.379 e. The number of hydrogen-bond acceptors (Lipinski definition) is 2. The molecule has 1 heterocycles. The molecule has 0 aromatic rings. The van der Waals surface area contributed by atoms with Gasteiger partial charge in [0.25, 0.3) is 0 Å². The minimum absolute atomic E-state index is 0.873. The van der Waals surface area contributed by atoms with Gasteiger partial charge < -0.3 is 4.74 Å². The summed E-state index contributed by atoms with van der Waals surface area (Å²) >= 11 is 0. The molecule has 0 bridgehead atoms. The quantitative estimate of drug-likeness (QED) is 0.509. The molecular weight excluding hydrogens is 186 g/mol. The number of morpholine rings is 1. The second-order valence-electron chi connectivity index (χ2n) is 4.05. The second kappa shape index (κ2) is 8.76. The fourth-order valence-electron chi connectivity index (χ4n) is 1.66. The molecule has 0 unspecified atom stereocenters. The molecule has 0 saturated carbocycles. The molecule has 15 heavy (non-hydrogen) atoms. The van der Waals surface area contributed by atoms with Crippen LogP contribution in [0, 0.1) is 11.8 Å². The summed E-state index contributed by atoms with van der Waals surface area (Å²) in [6.45, 7) is 7.01. The Kier molecular flexibility index (Phi) is 7.33. The highest BCUT2D eigenvalue weighted by atomic mass is 16.5. The zero-order chi connectivity index (χ0) is 10.8.